The molecule has 2 aromatic heterocycles. The van der Waals surface area contributed by atoms with E-state index in [0.717, 1.165) is 17.8 Å². The SMILES string of the molecule is COCCCn1c(=O)c2ccccc2n2c(SCc3ccccc3C(F)(F)F)nnc12. The summed E-state index contributed by atoms with van der Waals surface area (Å²) in [6, 6.07) is 12.5. The summed E-state index contributed by atoms with van der Waals surface area (Å²) in [6.07, 6.45) is -3.82. The van der Waals surface area contributed by atoms with Crippen LogP contribution >= 0.6 is 11.8 Å². The molecule has 4 aromatic rings. The summed E-state index contributed by atoms with van der Waals surface area (Å²) >= 11 is 1.15. The molecule has 0 saturated heterocycles. The Morgan fingerprint density at radius 1 is 1.06 bits per heavy atom. The summed E-state index contributed by atoms with van der Waals surface area (Å²) in [5.74, 6) is 0.416. The van der Waals surface area contributed by atoms with Crippen LogP contribution in [-0.2, 0) is 23.2 Å². The van der Waals surface area contributed by atoms with Crippen molar-refractivity contribution in [1.82, 2.24) is 19.2 Å². The van der Waals surface area contributed by atoms with Crippen molar-refractivity contribution in [2.45, 2.75) is 30.1 Å². The van der Waals surface area contributed by atoms with E-state index < -0.39 is 11.7 Å². The molecule has 0 aliphatic rings. The zero-order valence-corrected chi connectivity index (χ0v) is 17.4. The zero-order valence-electron chi connectivity index (χ0n) is 16.6. The number of thioether (sulfide) groups is 1. The fourth-order valence-electron chi connectivity index (χ4n) is 3.46. The average Bonchev–Trinajstić information content (AvgIpc) is 3.18. The van der Waals surface area contributed by atoms with Crippen LogP contribution in [0.25, 0.3) is 16.7 Å². The van der Waals surface area contributed by atoms with E-state index in [1.165, 1.54) is 16.7 Å². The molecule has 0 aliphatic heterocycles. The number of fused-ring (bicyclic) bond motifs is 3. The third kappa shape index (κ3) is 4.17. The van der Waals surface area contributed by atoms with Crippen molar-refractivity contribution in [2.75, 3.05) is 13.7 Å². The Balaban J connectivity index is 1.78. The first-order chi connectivity index (χ1) is 14.9. The van der Waals surface area contributed by atoms with E-state index in [1.54, 1.807) is 41.8 Å². The van der Waals surface area contributed by atoms with E-state index in [9.17, 15) is 18.0 Å². The minimum atomic E-state index is -4.43. The van der Waals surface area contributed by atoms with Gasteiger partial charge in [-0.05, 0) is 30.2 Å². The standard InChI is InChI=1S/C21H19F3N4O2S/c1-30-12-6-11-27-18(29)15-8-3-5-10-17(15)28-19(27)25-26-20(28)31-13-14-7-2-4-9-16(14)21(22,23)24/h2-5,7-10H,6,11-13H2,1H3. The van der Waals surface area contributed by atoms with Crippen molar-refractivity contribution < 1.29 is 17.9 Å². The molecule has 0 unspecified atom stereocenters. The minimum Gasteiger partial charge on any atom is -0.385 e. The van der Waals surface area contributed by atoms with Crippen molar-refractivity contribution >= 4 is 28.4 Å². The van der Waals surface area contributed by atoms with Gasteiger partial charge in [-0.15, -0.1) is 10.2 Å². The second-order valence-corrected chi connectivity index (χ2v) is 7.82. The van der Waals surface area contributed by atoms with E-state index >= 15 is 0 Å². The molecule has 0 radical (unpaired) electrons. The van der Waals surface area contributed by atoms with E-state index in [1.807, 2.05) is 0 Å². The Hall–Kier alpha value is -2.85. The number of halogens is 3. The zero-order chi connectivity index (χ0) is 22.0. The molecule has 0 amide bonds. The van der Waals surface area contributed by atoms with Crippen LogP contribution in [0.5, 0.6) is 0 Å². The number of ether oxygens (including phenoxy) is 1. The number of benzene rings is 2. The van der Waals surface area contributed by atoms with Crippen LogP contribution < -0.4 is 5.56 Å². The predicted octanol–water partition coefficient (Wildman–Crippen LogP) is 4.39. The molecule has 10 heteroatoms. The quantitative estimate of drug-likeness (QED) is 0.310. The fraction of sp³-hybridized carbons (Fsp3) is 0.286. The highest BCUT2D eigenvalue weighted by Gasteiger charge is 2.33. The lowest BCUT2D eigenvalue weighted by molar-refractivity contribution is -0.138. The number of alkyl halides is 3. The molecule has 0 N–H and O–H groups in total. The summed E-state index contributed by atoms with van der Waals surface area (Å²) in [5.41, 5.74) is -0.0835. The van der Waals surface area contributed by atoms with Crippen molar-refractivity contribution in [3.05, 3.63) is 70.0 Å². The molecule has 31 heavy (non-hydrogen) atoms. The van der Waals surface area contributed by atoms with Gasteiger partial charge < -0.3 is 4.74 Å². The van der Waals surface area contributed by atoms with Gasteiger partial charge in [0.1, 0.15) is 0 Å². The highest BCUT2D eigenvalue weighted by atomic mass is 32.2. The molecule has 0 spiro atoms. The highest BCUT2D eigenvalue weighted by molar-refractivity contribution is 7.98. The van der Waals surface area contributed by atoms with Crippen LogP contribution in [0, 0.1) is 0 Å². The third-order valence-corrected chi connectivity index (χ3v) is 5.87. The molecule has 162 valence electrons. The van der Waals surface area contributed by atoms with Gasteiger partial charge in [0.2, 0.25) is 5.78 Å². The normalized spacial score (nSPS) is 12.1. The Bertz CT molecular complexity index is 1280. The van der Waals surface area contributed by atoms with Gasteiger partial charge in [-0.1, -0.05) is 42.1 Å². The molecule has 0 fully saturated rings. The molecule has 0 saturated carbocycles. The summed E-state index contributed by atoms with van der Waals surface area (Å²) in [7, 11) is 1.59. The van der Waals surface area contributed by atoms with E-state index in [2.05, 4.69) is 10.2 Å². The van der Waals surface area contributed by atoms with Crippen LogP contribution in [0.1, 0.15) is 17.5 Å². The Labute approximate surface area is 179 Å². The highest BCUT2D eigenvalue weighted by Crippen LogP contribution is 2.34. The number of rotatable bonds is 7. The summed E-state index contributed by atoms with van der Waals surface area (Å²) in [4.78, 5) is 13.0. The number of aryl methyl sites for hydroxylation is 1. The van der Waals surface area contributed by atoms with Crippen molar-refractivity contribution in [2.24, 2.45) is 0 Å². The maximum absolute atomic E-state index is 13.3. The van der Waals surface area contributed by atoms with Crippen LogP contribution in [-0.4, -0.2) is 32.9 Å². The second kappa shape index (κ2) is 8.72. The molecule has 0 bridgehead atoms. The lowest BCUT2D eigenvalue weighted by atomic mass is 10.1. The number of hydrogen-bond donors (Lipinski definition) is 0. The number of aromatic nitrogens is 4. The summed E-state index contributed by atoms with van der Waals surface area (Å²) < 4.78 is 48.3. The van der Waals surface area contributed by atoms with E-state index in [-0.39, 0.29) is 16.9 Å². The lowest BCUT2D eigenvalue weighted by Crippen LogP contribution is -2.24. The van der Waals surface area contributed by atoms with Gasteiger partial charge in [0.15, 0.2) is 5.16 Å². The number of methoxy groups -OCH3 is 1. The number of para-hydroxylation sites is 1. The second-order valence-electron chi connectivity index (χ2n) is 6.88. The first-order valence-corrected chi connectivity index (χ1v) is 10.5. The summed E-state index contributed by atoms with van der Waals surface area (Å²) in [6.45, 7) is 0.871. The van der Waals surface area contributed by atoms with Gasteiger partial charge >= 0.3 is 6.18 Å². The third-order valence-electron chi connectivity index (χ3n) is 4.89. The van der Waals surface area contributed by atoms with Gasteiger partial charge in [0.25, 0.3) is 5.56 Å². The van der Waals surface area contributed by atoms with Crippen LogP contribution in [0.2, 0.25) is 0 Å². The van der Waals surface area contributed by atoms with Gasteiger partial charge in [0.05, 0.1) is 16.5 Å². The smallest absolute Gasteiger partial charge is 0.385 e. The van der Waals surface area contributed by atoms with Gasteiger partial charge in [-0.3, -0.25) is 13.8 Å². The Kier molecular flexibility index (Phi) is 6.01. The fourth-order valence-corrected chi connectivity index (χ4v) is 4.40. The monoisotopic (exact) mass is 448 g/mol. The lowest BCUT2D eigenvalue weighted by Gasteiger charge is -2.13. The Morgan fingerprint density at radius 3 is 2.58 bits per heavy atom. The Morgan fingerprint density at radius 2 is 1.81 bits per heavy atom. The van der Waals surface area contributed by atoms with Gasteiger partial charge in [-0.25, -0.2) is 0 Å². The van der Waals surface area contributed by atoms with E-state index in [4.69, 9.17) is 4.74 Å². The van der Waals surface area contributed by atoms with Crippen LogP contribution in [0.3, 0.4) is 0 Å². The van der Waals surface area contributed by atoms with Crippen molar-refractivity contribution in [3.8, 4) is 0 Å². The topological polar surface area (TPSA) is 61.4 Å². The van der Waals surface area contributed by atoms with Crippen molar-refractivity contribution in [1.29, 1.82) is 0 Å². The average molecular weight is 448 g/mol. The van der Waals surface area contributed by atoms with Gasteiger partial charge in [0, 0.05) is 26.0 Å². The molecular formula is C21H19F3N4O2S. The first kappa shape index (κ1) is 21.4. The first-order valence-electron chi connectivity index (χ1n) is 9.55. The largest absolute Gasteiger partial charge is 0.416 e. The minimum absolute atomic E-state index is 0.0631. The molecule has 0 aliphatic carbocycles. The molecule has 0 atom stereocenters. The molecule has 6 nitrogen and oxygen atoms in total. The molecule has 4 rings (SSSR count). The summed E-state index contributed by atoms with van der Waals surface area (Å²) in [5, 5.41) is 9.28. The van der Waals surface area contributed by atoms with E-state index in [0.29, 0.717) is 41.4 Å². The van der Waals surface area contributed by atoms with Crippen LogP contribution in [0.4, 0.5) is 13.2 Å². The van der Waals surface area contributed by atoms with Crippen LogP contribution in [0.15, 0.2) is 58.5 Å². The predicted molar refractivity (Wildman–Crippen MR) is 112 cm³/mol. The number of nitrogens with zero attached hydrogens (tertiary/aromatic N) is 4. The maximum Gasteiger partial charge on any atom is 0.416 e. The van der Waals surface area contributed by atoms with Crippen molar-refractivity contribution in [3.63, 3.8) is 0 Å². The number of hydrogen-bond acceptors (Lipinski definition) is 5. The van der Waals surface area contributed by atoms with Gasteiger partial charge in [-0.2, -0.15) is 13.2 Å². The molecular weight excluding hydrogens is 429 g/mol. The molecule has 2 aromatic carbocycles. The maximum atomic E-state index is 13.3. The molecule has 2 heterocycles.